The number of morpholine rings is 2. The highest BCUT2D eigenvalue weighted by molar-refractivity contribution is 7.10. The maximum absolute atomic E-state index is 12.5. The third-order valence-corrected chi connectivity index (χ3v) is 5.41. The number of rotatable bonds is 4. The molecule has 1 aromatic rings. The molecule has 0 unspecified atom stereocenters. The van der Waals surface area contributed by atoms with E-state index in [0.717, 1.165) is 26.3 Å². The van der Waals surface area contributed by atoms with E-state index in [2.05, 4.69) is 27.7 Å². The Morgan fingerprint density at radius 1 is 1.35 bits per heavy atom. The molecule has 3 heterocycles. The van der Waals surface area contributed by atoms with E-state index in [0.29, 0.717) is 26.3 Å². The van der Waals surface area contributed by atoms with Crippen molar-refractivity contribution in [3.05, 3.63) is 22.4 Å². The molecule has 0 bridgehead atoms. The average molecular weight is 339 g/mol. The number of hydrogen-bond donors (Lipinski definition) is 1. The molecule has 0 saturated carbocycles. The molecule has 3 rings (SSSR count). The predicted octanol–water partition coefficient (Wildman–Crippen LogP) is 1.55. The quantitative estimate of drug-likeness (QED) is 0.904. The van der Waals surface area contributed by atoms with Gasteiger partial charge in [0, 0.05) is 31.1 Å². The fraction of sp³-hybridized carbons (Fsp3) is 0.688. The Balaban J connectivity index is 1.60. The Kier molecular flexibility index (Phi) is 5.88. The normalized spacial score (nSPS) is 24.4. The summed E-state index contributed by atoms with van der Waals surface area (Å²) >= 11 is 1.75. The molecule has 6 nitrogen and oxygen atoms in total. The molecule has 2 atom stereocenters. The zero-order valence-electron chi connectivity index (χ0n) is 13.6. The van der Waals surface area contributed by atoms with E-state index in [4.69, 9.17) is 9.47 Å². The van der Waals surface area contributed by atoms with Gasteiger partial charge in [0.2, 0.25) is 0 Å². The molecule has 0 radical (unpaired) electrons. The van der Waals surface area contributed by atoms with Crippen LogP contribution in [-0.4, -0.2) is 74.5 Å². The summed E-state index contributed by atoms with van der Waals surface area (Å²) in [6.07, 6.45) is 0. The van der Waals surface area contributed by atoms with Gasteiger partial charge in [0.05, 0.1) is 38.5 Å². The molecule has 7 heteroatoms. The molecule has 1 N–H and O–H groups in total. The number of nitrogens with one attached hydrogen (secondary N) is 1. The van der Waals surface area contributed by atoms with Crippen LogP contribution in [0.1, 0.15) is 17.8 Å². The Labute approximate surface area is 141 Å². The van der Waals surface area contributed by atoms with E-state index in [1.165, 1.54) is 4.88 Å². The molecular formula is C16H25N3O3S. The molecule has 0 aromatic carbocycles. The first-order valence-corrected chi connectivity index (χ1v) is 9.11. The third-order valence-electron chi connectivity index (χ3n) is 4.43. The van der Waals surface area contributed by atoms with Gasteiger partial charge in [-0.25, -0.2) is 4.79 Å². The Morgan fingerprint density at radius 3 is 2.83 bits per heavy atom. The van der Waals surface area contributed by atoms with E-state index in [-0.39, 0.29) is 18.1 Å². The second-order valence-corrected chi connectivity index (χ2v) is 6.96. The Bertz CT molecular complexity index is 491. The molecule has 128 valence electrons. The maximum Gasteiger partial charge on any atom is 0.317 e. The summed E-state index contributed by atoms with van der Waals surface area (Å²) in [5.41, 5.74) is 0. The standard InChI is InChI=1S/C16H25N3O3S/c1-13-12-22-9-6-19(13)16(20)17-11-14(15-3-2-10-23-15)18-4-7-21-8-5-18/h2-3,10,13-14H,4-9,11-12H2,1H3,(H,17,20)/t13-,14-/m1/s1. The predicted molar refractivity (Wildman–Crippen MR) is 89.8 cm³/mol. The fourth-order valence-electron chi connectivity index (χ4n) is 3.09. The summed E-state index contributed by atoms with van der Waals surface area (Å²) in [6.45, 7) is 7.89. The lowest BCUT2D eigenvalue weighted by Gasteiger charge is -2.36. The van der Waals surface area contributed by atoms with Crippen LogP contribution >= 0.6 is 11.3 Å². The SMILES string of the molecule is C[C@@H]1COCCN1C(=O)NC[C@H](c1cccs1)N1CCOCC1. The van der Waals surface area contributed by atoms with Gasteiger partial charge in [-0.1, -0.05) is 6.07 Å². The molecule has 0 spiro atoms. The first-order valence-electron chi connectivity index (χ1n) is 8.23. The highest BCUT2D eigenvalue weighted by Crippen LogP contribution is 2.25. The zero-order chi connectivity index (χ0) is 16.1. The molecule has 0 aliphatic carbocycles. The minimum absolute atomic E-state index is 0.00983. The number of carbonyl (C=O) groups is 1. The minimum Gasteiger partial charge on any atom is -0.379 e. The van der Waals surface area contributed by atoms with E-state index < -0.39 is 0 Å². The minimum atomic E-state index is 0.00983. The second kappa shape index (κ2) is 8.10. The summed E-state index contributed by atoms with van der Waals surface area (Å²) in [4.78, 5) is 18.0. The molecule has 2 aliphatic heterocycles. The fourth-order valence-corrected chi connectivity index (χ4v) is 3.95. The van der Waals surface area contributed by atoms with Gasteiger partial charge in [-0.15, -0.1) is 11.3 Å². The van der Waals surface area contributed by atoms with E-state index in [1.54, 1.807) is 11.3 Å². The van der Waals surface area contributed by atoms with Gasteiger partial charge in [0.15, 0.2) is 0 Å². The molecule has 2 saturated heterocycles. The van der Waals surface area contributed by atoms with Crippen LogP contribution in [0.25, 0.3) is 0 Å². The van der Waals surface area contributed by atoms with Gasteiger partial charge in [0.1, 0.15) is 0 Å². The molecular weight excluding hydrogens is 314 g/mol. The van der Waals surface area contributed by atoms with Crippen LogP contribution < -0.4 is 5.32 Å². The summed E-state index contributed by atoms with van der Waals surface area (Å²) in [5.74, 6) is 0. The zero-order valence-corrected chi connectivity index (χ0v) is 14.4. The van der Waals surface area contributed by atoms with Crippen LogP contribution in [0.5, 0.6) is 0 Å². The van der Waals surface area contributed by atoms with Crippen molar-refractivity contribution < 1.29 is 14.3 Å². The molecule has 2 fully saturated rings. The molecule has 2 amide bonds. The highest BCUT2D eigenvalue weighted by atomic mass is 32.1. The van der Waals surface area contributed by atoms with Gasteiger partial charge in [0.25, 0.3) is 0 Å². The van der Waals surface area contributed by atoms with Gasteiger partial charge < -0.3 is 19.7 Å². The largest absolute Gasteiger partial charge is 0.379 e. The van der Waals surface area contributed by atoms with Crippen LogP contribution in [0, 0.1) is 0 Å². The van der Waals surface area contributed by atoms with Crippen LogP contribution in [0.3, 0.4) is 0 Å². The summed E-state index contributed by atoms with van der Waals surface area (Å²) in [5, 5.41) is 5.22. The number of thiophene rings is 1. The molecule has 1 aromatic heterocycles. The first kappa shape index (κ1) is 16.7. The van der Waals surface area contributed by atoms with Gasteiger partial charge in [-0.3, -0.25) is 4.90 Å². The van der Waals surface area contributed by atoms with Gasteiger partial charge >= 0.3 is 6.03 Å². The van der Waals surface area contributed by atoms with E-state index >= 15 is 0 Å². The van der Waals surface area contributed by atoms with Crippen molar-refractivity contribution in [3.8, 4) is 0 Å². The summed E-state index contributed by atoms with van der Waals surface area (Å²) < 4.78 is 10.9. The number of amides is 2. The van der Waals surface area contributed by atoms with Crippen molar-refractivity contribution in [3.63, 3.8) is 0 Å². The topological polar surface area (TPSA) is 54.0 Å². The summed E-state index contributed by atoms with van der Waals surface area (Å²) in [7, 11) is 0. The lowest BCUT2D eigenvalue weighted by Crippen LogP contribution is -2.52. The van der Waals surface area contributed by atoms with Crippen LogP contribution in [-0.2, 0) is 9.47 Å². The van der Waals surface area contributed by atoms with Crippen LogP contribution in [0.15, 0.2) is 17.5 Å². The van der Waals surface area contributed by atoms with Gasteiger partial charge in [-0.2, -0.15) is 0 Å². The number of ether oxygens (including phenoxy) is 2. The number of urea groups is 1. The van der Waals surface area contributed by atoms with Crippen molar-refractivity contribution in [2.75, 3.05) is 52.6 Å². The van der Waals surface area contributed by atoms with Crippen LogP contribution in [0.4, 0.5) is 4.79 Å². The number of carbonyl (C=O) groups excluding carboxylic acids is 1. The van der Waals surface area contributed by atoms with E-state index in [1.807, 2.05) is 11.8 Å². The van der Waals surface area contributed by atoms with Crippen LogP contribution in [0.2, 0.25) is 0 Å². The average Bonchev–Trinajstić information content (AvgIpc) is 3.10. The Morgan fingerprint density at radius 2 is 2.13 bits per heavy atom. The second-order valence-electron chi connectivity index (χ2n) is 5.98. The monoisotopic (exact) mass is 339 g/mol. The number of nitrogens with zero attached hydrogens (tertiary/aromatic N) is 2. The van der Waals surface area contributed by atoms with Crippen molar-refractivity contribution in [2.45, 2.75) is 19.0 Å². The number of hydrogen-bond acceptors (Lipinski definition) is 5. The smallest absolute Gasteiger partial charge is 0.317 e. The lowest BCUT2D eigenvalue weighted by molar-refractivity contribution is 0.0121. The van der Waals surface area contributed by atoms with Crippen molar-refractivity contribution in [1.82, 2.24) is 15.1 Å². The van der Waals surface area contributed by atoms with E-state index in [9.17, 15) is 4.79 Å². The van der Waals surface area contributed by atoms with Crippen molar-refractivity contribution in [1.29, 1.82) is 0 Å². The third kappa shape index (κ3) is 4.23. The molecule has 23 heavy (non-hydrogen) atoms. The Hall–Kier alpha value is -1.15. The summed E-state index contributed by atoms with van der Waals surface area (Å²) in [6, 6.07) is 4.58. The molecule has 2 aliphatic rings. The maximum atomic E-state index is 12.5. The van der Waals surface area contributed by atoms with Crippen molar-refractivity contribution >= 4 is 17.4 Å². The first-order chi connectivity index (χ1) is 11.3. The highest BCUT2D eigenvalue weighted by Gasteiger charge is 2.27. The lowest BCUT2D eigenvalue weighted by atomic mass is 10.2. The van der Waals surface area contributed by atoms with Crippen molar-refractivity contribution in [2.24, 2.45) is 0 Å². The van der Waals surface area contributed by atoms with Gasteiger partial charge in [-0.05, 0) is 18.4 Å².